The third kappa shape index (κ3) is 9.11. The first-order valence-corrected chi connectivity index (χ1v) is 19.5. The van der Waals surface area contributed by atoms with E-state index in [1.807, 2.05) is 0 Å². The number of sulfonamides is 2. The lowest BCUT2D eigenvalue weighted by Gasteiger charge is -2.15. The van der Waals surface area contributed by atoms with Crippen LogP contribution in [-0.2, 0) is 20.0 Å². The Labute approximate surface area is 321 Å². The third-order valence-corrected chi connectivity index (χ3v) is 11.1. The van der Waals surface area contributed by atoms with E-state index in [1.165, 1.54) is 62.8 Å². The SMILES string of the molecule is COc1cc(-c2ccc(NC(=O)c3ccc(NS(=O)(=O)c4ccc(F)cc4)cc3)c(OC)c2)ccc1NC(=O)c1ccc(NS(=O)(=O)c2ccc(F)cc2)cc1. The van der Waals surface area contributed by atoms with Gasteiger partial charge in [-0.15, -0.1) is 0 Å². The van der Waals surface area contributed by atoms with Gasteiger partial charge in [0, 0.05) is 22.5 Å². The number of halogens is 2. The second kappa shape index (κ2) is 16.3. The molecule has 0 spiro atoms. The second-order valence-corrected chi connectivity index (χ2v) is 15.4. The highest BCUT2D eigenvalue weighted by Gasteiger charge is 2.18. The predicted octanol–water partition coefficient (Wildman–Crippen LogP) is 7.76. The number of anilines is 4. The fourth-order valence-electron chi connectivity index (χ4n) is 5.37. The summed E-state index contributed by atoms with van der Waals surface area (Å²) in [5.41, 5.74) is 3.03. The molecule has 6 rings (SSSR count). The Morgan fingerprint density at radius 3 is 1.14 bits per heavy atom. The van der Waals surface area contributed by atoms with Crippen LogP contribution < -0.4 is 29.6 Å². The Morgan fingerprint density at radius 2 is 0.821 bits per heavy atom. The van der Waals surface area contributed by atoms with Crippen molar-refractivity contribution in [2.75, 3.05) is 34.3 Å². The number of methoxy groups -OCH3 is 2. The van der Waals surface area contributed by atoms with Gasteiger partial charge in [-0.05, 0) is 132 Å². The first kappa shape index (κ1) is 38.9. The summed E-state index contributed by atoms with van der Waals surface area (Å²) in [6.45, 7) is 0. The molecule has 6 aromatic rings. The highest BCUT2D eigenvalue weighted by molar-refractivity contribution is 7.93. The largest absolute Gasteiger partial charge is 0.495 e. The van der Waals surface area contributed by atoms with E-state index in [2.05, 4.69) is 20.1 Å². The molecule has 0 saturated carbocycles. The first-order chi connectivity index (χ1) is 26.7. The summed E-state index contributed by atoms with van der Waals surface area (Å²) in [7, 11) is -5.05. The van der Waals surface area contributed by atoms with E-state index in [4.69, 9.17) is 9.47 Å². The van der Waals surface area contributed by atoms with E-state index >= 15 is 0 Å². The van der Waals surface area contributed by atoms with E-state index in [0.717, 1.165) is 48.5 Å². The molecule has 0 bridgehead atoms. The smallest absolute Gasteiger partial charge is 0.261 e. The molecule has 286 valence electrons. The monoisotopic (exact) mass is 798 g/mol. The van der Waals surface area contributed by atoms with Crippen LogP contribution in [0.5, 0.6) is 11.5 Å². The molecular weight excluding hydrogens is 767 g/mol. The molecule has 12 nitrogen and oxygen atoms in total. The maximum absolute atomic E-state index is 13.2. The van der Waals surface area contributed by atoms with Gasteiger partial charge >= 0.3 is 0 Å². The van der Waals surface area contributed by atoms with Crippen LogP contribution >= 0.6 is 0 Å². The molecule has 6 aromatic carbocycles. The zero-order chi connectivity index (χ0) is 40.0. The molecule has 0 aliphatic carbocycles. The summed E-state index contributed by atoms with van der Waals surface area (Å²) < 4.78 is 92.9. The summed E-state index contributed by atoms with van der Waals surface area (Å²) in [6.07, 6.45) is 0. The van der Waals surface area contributed by atoms with Crippen molar-refractivity contribution >= 4 is 54.6 Å². The Bertz CT molecular complexity index is 2440. The number of hydrogen-bond donors (Lipinski definition) is 4. The van der Waals surface area contributed by atoms with Crippen molar-refractivity contribution in [3.63, 3.8) is 0 Å². The summed E-state index contributed by atoms with van der Waals surface area (Å²) >= 11 is 0. The van der Waals surface area contributed by atoms with Crippen LogP contribution in [0.2, 0.25) is 0 Å². The van der Waals surface area contributed by atoms with Crippen molar-refractivity contribution in [1.82, 2.24) is 0 Å². The van der Waals surface area contributed by atoms with Crippen LogP contribution in [0, 0.1) is 11.6 Å². The van der Waals surface area contributed by atoms with Gasteiger partial charge in [0.25, 0.3) is 31.9 Å². The number of carbonyl (C=O) groups excluding carboxylic acids is 2. The molecule has 0 aliphatic rings. The molecule has 0 radical (unpaired) electrons. The predicted molar refractivity (Wildman–Crippen MR) is 208 cm³/mol. The van der Waals surface area contributed by atoms with Gasteiger partial charge in [0.15, 0.2) is 0 Å². The Kier molecular flexibility index (Phi) is 11.3. The number of hydrogen-bond acceptors (Lipinski definition) is 8. The minimum atomic E-state index is -3.97. The van der Waals surface area contributed by atoms with Gasteiger partial charge in [-0.25, -0.2) is 25.6 Å². The highest BCUT2D eigenvalue weighted by Crippen LogP contribution is 2.35. The van der Waals surface area contributed by atoms with Gasteiger partial charge in [-0.2, -0.15) is 0 Å². The number of benzene rings is 6. The third-order valence-electron chi connectivity index (χ3n) is 8.28. The van der Waals surface area contributed by atoms with E-state index in [-0.39, 0.29) is 32.3 Å². The molecule has 0 aromatic heterocycles. The van der Waals surface area contributed by atoms with Gasteiger partial charge in [0.05, 0.1) is 35.4 Å². The molecule has 0 aliphatic heterocycles. The summed E-state index contributed by atoms with van der Waals surface area (Å²) in [5, 5.41) is 5.58. The second-order valence-electron chi connectivity index (χ2n) is 12.0. The lowest BCUT2D eigenvalue weighted by molar-refractivity contribution is 0.101. The first-order valence-electron chi connectivity index (χ1n) is 16.5. The van der Waals surface area contributed by atoms with Crippen LogP contribution in [0.25, 0.3) is 11.1 Å². The van der Waals surface area contributed by atoms with E-state index in [9.17, 15) is 35.2 Å². The van der Waals surface area contributed by atoms with Crippen molar-refractivity contribution in [3.05, 3.63) is 156 Å². The Hall–Kier alpha value is -6.78. The zero-order valence-electron chi connectivity index (χ0n) is 29.5. The van der Waals surface area contributed by atoms with Crippen molar-refractivity contribution < 1.29 is 44.7 Å². The molecule has 0 atom stereocenters. The van der Waals surface area contributed by atoms with Gasteiger partial charge in [0.2, 0.25) is 0 Å². The number of rotatable bonds is 13. The minimum absolute atomic E-state index is 0.116. The topological polar surface area (TPSA) is 169 Å². The molecule has 4 N–H and O–H groups in total. The van der Waals surface area contributed by atoms with Gasteiger partial charge in [-0.1, -0.05) is 12.1 Å². The number of ether oxygens (including phenoxy) is 2. The van der Waals surface area contributed by atoms with Gasteiger partial charge < -0.3 is 20.1 Å². The fraction of sp³-hybridized carbons (Fsp3) is 0.0500. The molecule has 56 heavy (non-hydrogen) atoms. The summed E-state index contributed by atoms with van der Waals surface area (Å²) in [5.74, 6) is -1.40. The van der Waals surface area contributed by atoms with E-state index in [0.29, 0.717) is 34.0 Å². The normalized spacial score (nSPS) is 11.3. The lowest BCUT2D eigenvalue weighted by Crippen LogP contribution is -2.14. The van der Waals surface area contributed by atoms with Gasteiger partial charge in [0.1, 0.15) is 23.1 Å². The molecule has 0 heterocycles. The maximum Gasteiger partial charge on any atom is 0.261 e. The lowest BCUT2D eigenvalue weighted by atomic mass is 10.0. The van der Waals surface area contributed by atoms with E-state index in [1.54, 1.807) is 36.4 Å². The molecule has 0 saturated heterocycles. The van der Waals surface area contributed by atoms with Crippen LogP contribution in [0.3, 0.4) is 0 Å². The number of carbonyl (C=O) groups is 2. The standard InChI is InChI=1S/C40H32F2N4O8S2/c1-53-37-23-27(7-21-35(37)43-39(47)25-3-13-31(14-4-25)45-55(49,50)33-17-9-29(41)10-18-33)28-8-22-36(38(24-28)54-2)44-40(48)26-5-15-32(16-6-26)46-56(51,52)34-19-11-30(42)12-20-34/h3-24,45-46H,1-2H3,(H,43,47)(H,44,48). The van der Waals surface area contributed by atoms with Crippen LogP contribution in [0.1, 0.15) is 20.7 Å². The van der Waals surface area contributed by atoms with Crippen molar-refractivity contribution in [3.8, 4) is 22.6 Å². The minimum Gasteiger partial charge on any atom is -0.495 e. The average molecular weight is 799 g/mol. The van der Waals surface area contributed by atoms with Crippen LogP contribution in [0.4, 0.5) is 31.5 Å². The fourth-order valence-corrected chi connectivity index (χ4v) is 7.49. The van der Waals surface area contributed by atoms with Gasteiger partial charge in [-0.3, -0.25) is 19.0 Å². The Balaban J connectivity index is 1.10. The van der Waals surface area contributed by atoms with Crippen molar-refractivity contribution in [2.24, 2.45) is 0 Å². The van der Waals surface area contributed by atoms with Crippen molar-refractivity contribution in [2.45, 2.75) is 9.79 Å². The molecule has 0 unspecified atom stereocenters. The zero-order valence-corrected chi connectivity index (χ0v) is 31.2. The summed E-state index contributed by atoms with van der Waals surface area (Å²) in [4.78, 5) is 26.0. The van der Waals surface area contributed by atoms with Crippen LogP contribution in [0.15, 0.2) is 143 Å². The summed E-state index contributed by atoms with van der Waals surface area (Å²) in [6, 6.07) is 30.5. The molecule has 0 fully saturated rings. The molecule has 16 heteroatoms. The quantitative estimate of drug-likeness (QED) is 0.0920. The Morgan fingerprint density at radius 1 is 0.482 bits per heavy atom. The average Bonchev–Trinajstić information content (AvgIpc) is 3.18. The molecular formula is C40H32F2N4O8S2. The van der Waals surface area contributed by atoms with Crippen molar-refractivity contribution in [1.29, 1.82) is 0 Å². The van der Waals surface area contributed by atoms with E-state index < -0.39 is 43.5 Å². The van der Waals surface area contributed by atoms with Crippen LogP contribution in [-0.4, -0.2) is 42.9 Å². The number of nitrogens with one attached hydrogen (secondary N) is 4. The number of amides is 2. The maximum atomic E-state index is 13.2. The highest BCUT2D eigenvalue weighted by atomic mass is 32.2. The molecule has 2 amide bonds.